The lowest BCUT2D eigenvalue weighted by molar-refractivity contribution is -0.115. The highest BCUT2D eigenvalue weighted by atomic mass is 32.2. The van der Waals surface area contributed by atoms with Crippen LogP contribution in [0.15, 0.2) is 41.8 Å². The molecule has 2 heterocycles. The molecule has 0 saturated heterocycles. The fraction of sp³-hybridized carbons (Fsp3) is 0.231. The highest BCUT2D eigenvalue weighted by Gasteiger charge is 2.16. The number of pyridine rings is 1. The topological polar surface area (TPSA) is 67.8 Å². The third kappa shape index (κ3) is 4.03. The van der Waals surface area contributed by atoms with Gasteiger partial charge in [-0.15, -0.1) is 0 Å². The van der Waals surface area contributed by atoms with Crippen molar-refractivity contribution in [1.82, 2.24) is 15.0 Å². The summed E-state index contributed by atoms with van der Waals surface area (Å²) in [4.78, 5) is 24.4. The first-order chi connectivity index (χ1) is 9.15. The lowest BCUT2D eigenvalue weighted by atomic mass is 10.3. The van der Waals surface area contributed by atoms with Crippen LogP contribution in [0, 0.1) is 6.92 Å². The lowest BCUT2D eigenvalue weighted by Crippen LogP contribution is -2.23. The summed E-state index contributed by atoms with van der Waals surface area (Å²) < 4.78 is 0. The predicted octanol–water partition coefficient (Wildman–Crippen LogP) is 2.30. The summed E-state index contributed by atoms with van der Waals surface area (Å²) in [5, 5.41) is 3.07. The van der Waals surface area contributed by atoms with Crippen LogP contribution in [0.3, 0.4) is 0 Å². The Balaban J connectivity index is 1.96. The zero-order chi connectivity index (χ0) is 13.7. The average Bonchev–Trinajstić information content (AvgIpc) is 2.40. The number of amides is 1. The molecule has 0 saturated carbocycles. The first kappa shape index (κ1) is 13.5. The van der Waals surface area contributed by atoms with Crippen molar-refractivity contribution in [2.45, 2.75) is 24.3 Å². The molecule has 2 aromatic heterocycles. The van der Waals surface area contributed by atoms with Gasteiger partial charge in [0, 0.05) is 18.1 Å². The molecule has 19 heavy (non-hydrogen) atoms. The summed E-state index contributed by atoms with van der Waals surface area (Å²) in [6.45, 7) is 3.69. The van der Waals surface area contributed by atoms with Gasteiger partial charge in [-0.1, -0.05) is 17.8 Å². The fourth-order valence-corrected chi connectivity index (χ4v) is 2.12. The van der Waals surface area contributed by atoms with Gasteiger partial charge >= 0.3 is 0 Å². The van der Waals surface area contributed by atoms with E-state index in [1.807, 2.05) is 26.0 Å². The van der Waals surface area contributed by atoms with E-state index in [-0.39, 0.29) is 11.2 Å². The maximum atomic E-state index is 12.0. The van der Waals surface area contributed by atoms with Crippen LogP contribution >= 0.6 is 11.8 Å². The van der Waals surface area contributed by atoms with Crippen LogP contribution in [0.2, 0.25) is 0 Å². The van der Waals surface area contributed by atoms with Crippen LogP contribution in [0.4, 0.5) is 5.82 Å². The van der Waals surface area contributed by atoms with Crippen LogP contribution in [-0.4, -0.2) is 26.1 Å². The molecule has 5 nitrogen and oxygen atoms in total. The molecule has 0 aliphatic heterocycles. The number of nitrogens with one attached hydrogen (secondary N) is 1. The van der Waals surface area contributed by atoms with Crippen molar-refractivity contribution in [3.8, 4) is 0 Å². The Morgan fingerprint density at radius 3 is 2.68 bits per heavy atom. The zero-order valence-corrected chi connectivity index (χ0v) is 11.5. The highest BCUT2D eigenvalue weighted by molar-refractivity contribution is 8.00. The van der Waals surface area contributed by atoms with E-state index in [1.165, 1.54) is 11.8 Å². The number of hydrogen-bond donors (Lipinski definition) is 1. The van der Waals surface area contributed by atoms with E-state index >= 15 is 0 Å². The molecule has 1 unspecified atom stereocenters. The first-order valence-corrected chi connectivity index (χ1v) is 6.71. The number of nitrogens with zero attached hydrogens (tertiary/aromatic N) is 3. The monoisotopic (exact) mass is 274 g/mol. The molecule has 1 N–H and O–H groups in total. The number of thioether (sulfide) groups is 1. The van der Waals surface area contributed by atoms with Gasteiger partial charge in [0.2, 0.25) is 5.91 Å². The standard InChI is InChI=1S/C13H14N4OS/c1-9-5-3-6-11(16-9)17-12(18)10(2)19-13-14-7-4-8-15-13/h3-8,10H,1-2H3,(H,16,17,18). The second kappa shape index (κ2) is 6.29. The molecule has 0 fully saturated rings. The van der Waals surface area contributed by atoms with Gasteiger partial charge in [-0.3, -0.25) is 4.79 Å². The second-order valence-electron chi connectivity index (χ2n) is 3.94. The predicted molar refractivity (Wildman–Crippen MR) is 75.0 cm³/mol. The molecule has 0 radical (unpaired) electrons. The SMILES string of the molecule is Cc1cccc(NC(=O)C(C)Sc2ncccn2)n1. The molecule has 1 atom stereocenters. The molecule has 0 spiro atoms. The Hall–Kier alpha value is -1.95. The van der Waals surface area contributed by atoms with Crippen LogP contribution in [0.1, 0.15) is 12.6 Å². The summed E-state index contributed by atoms with van der Waals surface area (Å²) in [7, 11) is 0. The van der Waals surface area contributed by atoms with Crippen LogP contribution in [0.25, 0.3) is 0 Å². The fourth-order valence-electron chi connectivity index (χ4n) is 1.40. The first-order valence-electron chi connectivity index (χ1n) is 5.83. The van der Waals surface area contributed by atoms with Crippen LogP contribution in [0.5, 0.6) is 0 Å². The van der Waals surface area contributed by atoms with Crippen LogP contribution in [-0.2, 0) is 4.79 Å². The quantitative estimate of drug-likeness (QED) is 0.684. The summed E-state index contributed by atoms with van der Waals surface area (Å²) >= 11 is 1.31. The van der Waals surface area contributed by atoms with E-state index in [0.717, 1.165) is 5.69 Å². The summed E-state index contributed by atoms with van der Waals surface area (Å²) in [6.07, 6.45) is 3.31. The van der Waals surface area contributed by atoms with Crippen molar-refractivity contribution >= 4 is 23.5 Å². The van der Waals surface area contributed by atoms with Crippen molar-refractivity contribution in [2.24, 2.45) is 0 Å². The minimum atomic E-state index is -0.287. The van der Waals surface area contributed by atoms with Gasteiger partial charge in [-0.2, -0.15) is 0 Å². The molecule has 2 aromatic rings. The third-order valence-corrected chi connectivity index (χ3v) is 3.32. The molecule has 0 aromatic carbocycles. The number of carbonyl (C=O) groups excluding carboxylic acids is 1. The highest BCUT2D eigenvalue weighted by Crippen LogP contribution is 2.19. The normalized spacial score (nSPS) is 11.9. The van der Waals surface area contributed by atoms with Crippen molar-refractivity contribution in [3.63, 3.8) is 0 Å². The van der Waals surface area contributed by atoms with E-state index in [1.54, 1.807) is 24.5 Å². The molecule has 98 valence electrons. The van der Waals surface area contributed by atoms with Gasteiger partial charge in [-0.25, -0.2) is 15.0 Å². The molecule has 6 heteroatoms. The molecule has 1 amide bonds. The van der Waals surface area contributed by atoms with Gasteiger partial charge in [0.05, 0.1) is 5.25 Å². The summed E-state index contributed by atoms with van der Waals surface area (Å²) in [5.41, 5.74) is 0.865. The Morgan fingerprint density at radius 2 is 2.00 bits per heavy atom. The van der Waals surface area contributed by atoms with E-state index in [2.05, 4.69) is 20.3 Å². The lowest BCUT2D eigenvalue weighted by Gasteiger charge is -2.10. The molecule has 0 aliphatic carbocycles. The number of rotatable bonds is 4. The maximum Gasteiger partial charge on any atom is 0.238 e. The summed E-state index contributed by atoms with van der Waals surface area (Å²) in [6, 6.07) is 7.24. The van der Waals surface area contributed by atoms with Gasteiger partial charge in [0.15, 0.2) is 5.16 Å². The van der Waals surface area contributed by atoms with Crippen molar-refractivity contribution in [3.05, 3.63) is 42.4 Å². The minimum absolute atomic E-state index is 0.115. The summed E-state index contributed by atoms with van der Waals surface area (Å²) in [5.74, 6) is 0.446. The number of aromatic nitrogens is 3. The van der Waals surface area contributed by atoms with E-state index in [0.29, 0.717) is 11.0 Å². The Bertz CT molecular complexity index is 562. The number of aryl methyl sites for hydroxylation is 1. The molecular weight excluding hydrogens is 260 g/mol. The Kier molecular flexibility index (Phi) is 4.46. The number of hydrogen-bond acceptors (Lipinski definition) is 5. The molecule has 0 bridgehead atoms. The number of carbonyl (C=O) groups is 1. The Labute approximate surface area is 115 Å². The number of anilines is 1. The van der Waals surface area contributed by atoms with Gasteiger partial charge in [0.1, 0.15) is 5.82 Å². The van der Waals surface area contributed by atoms with Gasteiger partial charge in [0.25, 0.3) is 0 Å². The van der Waals surface area contributed by atoms with Gasteiger partial charge < -0.3 is 5.32 Å². The van der Waals surface area contributed by atoms with Crippen molar-refractivity contribution in [1.29, 1.82) is 0 Å². The van der Waals surface area contributed by atoms with Crippen LogP contribution < -0.4 is 5.32 Å². The molecular formula is C13H14N4OS. The maximum absolute atomic E-state index is 12.0. The second-order valence-corrected chi connectivity index (χ2v) is 5.25. The third-order valence-electron chi connectivity index (χ3n) is 2.33. The zero-order valence-electron chi connectivity index (χ0n) is 10.7. The van der Waals surface area contributed by atoms with Crippen molar-refractivity contribution in [2.75, 3.05) is 5.32 Å². The largest absolute Gasteiger partial charge is 0.310 e. The molecule has 2 rings (SSSR count). The average molecular weight is 274 g/mol. The van der Waals surface area contributed by atoms with E-state index in [9.17, 15) is 4.79 Å². The van der Waals surface area contributed by atoms with Gasteiger partial charge in [-0.05, 0) is 32.0 Å². The smallest absolute Gasteiger partial charge is 0.238 e. The van der Waals surface area contributed by atoms with Crippen molar-refractivity contribution < 1.29 is 4.79 Å². The Morgan fingerprint density at radius 1 is 1.26 bits per heavy atom. The van der Waals surface area contributed by atoms with E-state index in [4.69, 9.17) is 0 Å². The minimum Gasteiger partial charge on any atom is -0.310 e. The van der Waals surface area contributed by atoms with E-state index < -0.39 is 0 Å². The molecule has 0 aliphatic rings.